The number of ether oxygens (including phenoxy) is 1. The van der Waals surface area contributed by atoms with Crippen molar-refractivity contribution >= 4 is 16.9 Å². The minimum absolute atomic E-state index is 0.0543. The van der Waals surface area contributed by atoms with Gasteiger partial charge in [0, 0.05) is 29.1 Å². The summed E-state index contributed by atoms with van der Waals surface area (Å²) in [5, 5.41) is 45.1. The van der Waals surface area contributed by atoms with Crippen LogP contribution in [0.3, 0.4) is 0 Å². The van der Waals surface area contributed by atoms with Crippen molar-refractivity contribution in [3.63, 3.8) is 0 Å². The molecule has 6 N–H and O–H groups in total. The monoisotopic (exact) mass is 550 g/mol. The van der Waals surface area contributed by atoms with E-state index in [-0.39, 0.29) is 28.0 Å². The van der Waals surface area contributed by atoms with Crippen LogP contribution in [0, 0.1) is 5.82 Å². The Morgan fingerprint density at radius 2 is 1.75 bits per heavy atom. The molecule has 10 heteroatoms. The van der Waals surface area contributed by atoms with Crippen LogP contribution in [0.4, 0.5) is 4.39 Å². The fraction of sp³-hybridized carbons (Fsp3) is 0.267. The molecular formula is C30H31FN2O7. The molecule has 4 aromatic rings. The van der Waals surface area contributed by atoms with Gasteiger partial charge >= 0.3 is 5.97 Å². The molecule has 210 valence electrons. The number of carboxylic acids is 1. The van der Waals surface area contributed by atoms with Crippen LogP contribution in [0.1, 0.15) is 42.1 Å². The number of halogens is 1. The lowest BCUT2D eigenvalue weighted by atomic mass is 9.86. The van der Waals surface area contributed by atoms with Crippen molar-refractivity contribution in [1.82, 2.24) is 10.3 Å². The van der Waals surface area contributed by atoms with E-state index in [1.54, 1.807) is 24.3 Å². The molecule has 0 saturated carbocycles. The van der Waals surface area contributed by atoms with Crippen molar-refractivity contribution in [3.05, 3.63) is 106 Å². The van der Waals surface area contributed by atoms with E-state index in [1.165, 1.54) is 42.5 Å². The highest BCUT2D eigenvalue weighted by Crippen LogP contribution is 2.33. The van der Waals surface area contributed by atoms with Crippen LogP contribution >= 0.6 is 0 Å². The number of pyridine rings is 1. The molecule has 0 aliphatic rings. The zero-order chi connectivity index (χ0) is 28.7. The largest absolute Gasteiger partial charge is 0.506 e. The van der Waals surface area contributed by atoms with Crippen LogP contribution in [0.2, 0.25) is 0 Å². The van der Waals surface area contributed by atoms with Gasteiger partial charge in [0.1, 0.15) is 17.3 Å². The number of aliphatic carboxylic acids is 1. The van der Waals surface area contributed by atoms with Crippen molar-refractivity contribution in [2.24, 2.45) is 0 Å². The first-order chi connectivity index (χ1) is 19.2. The molecule has 0 aliphatic heterocycles. The van der Waals surface area contributed by atoms with E-state index < -0.39 is 23.5 Å². The second-order valence-corrected chi connectivity index (χ2v) is 9.47. The number of rotatable bonds is 13. The fourth-order valence-corrected chi connectivity index (χ4v) is 4.56. The summed E-state index contributed by atoms with van der Waals surface area (Å²) in [6.07, 6.45) is 1.53. The molecule has 1 heterocycles. The van der Waals surface area contributed by atoms with E-state index in [0.29, 0.717) is 36.4 Å². The van der Waals surface area contributed by atoms with Gasteiger partial charge in [-0.3, -0.25) is 4.79 Å². The van der Waals surface area contributed by atoms with Crippen LogP contribution < -0.4 is 15.6 Å². The van der Waals surface area contributed by atoms with Gasteiger partial charge in [0.2, 0.25) is 11.2 Å². The number of phenolic OH excluding ortho intramolecular Hbond substituents is 1. The number of benzene rings is 3. The summed E-state index contributed by atoms with van der Waals surface area (Å²) in [6.45, 7) is 1.31. The lowest BCUT2D eigenvalue weighted by Crippen LogP contribution is -2.36. The molecular weight excluding hydrogens is 519 g/mol. The fourth-order valence-electron chi connectivity index (χ4n) is 4.56. The standard InChI is InChI=1S/C30H31FN2O7/c31-21-8-4-6-19(16-21)30(39,29(37)38)20-7-5-9-22(17-20)40-15-3-1-2-14-32-18-26(35)23-10-12-25(34)28-24(23)11-13-27(36)33-28/h4-13,16-17,26,32,34-35,39H,1-3,14-15,18H2,(H,33,36)(H,37,38)/t26-,30?/m0/s1. The van der Waals surface area contributed by atoms with E-state index >= 15 is 0 Å². The Balaban J connectivity index is 1.23. The molecule has 1 aromatic heterocycles. The summed E-state index contributed by atoms with van der Waals surface area (Å²) in [4.78, 5) is 26.1. The smallest absolute Gasteiger partial charge is 0.345 e. The minimum atomic E-state index is -2.43. The van der Waals surface area contributed by atoms with E-state index in [2.05, 4.69) is 10.3 Å². The number of nitrogens with one attached hydrogen (secondary N) is 2. The van der Waals surface area contributed by atoms with Crippen molar-refractivity contribution in [2.45, 2.75) is 31.0 Å². The van der Waals surface area contributed by atoms with Crippen molar-refractivity contribution < 1.29 is 34.3 Å². The number of fused-ring (bicyclic) bond motifs is 1. The predicted octanol–water partition coefficient (Wildman–Crippen LogP) is 3.57. The van der Waals surface area contributed by atoms with Crippen LogP contribution in [-0.2, 0) is 10.4 Å². The molecule has 0 spiro atoms. The molecule has 0 fully saturated rings. The number of aliphatic hydroxyl groups excluding tert-OH is 1. The Hall–Kier alpha value is -4.25. The average Bonchev–Trinajstić information content (AvgIpc) is 2.94. The molecule has 9 nitrogen and oxygen atoms in total. The summed E-state index contributed by atoms with van der Waals surface area (Å²) < 4.78 is 19.5. The molecule has 4 rings (SSSR count). The van der Waals surface area contributed by atoms with E-state index in [9.17, 15) is 34.4 Å². The molecule has 1 unspecified atom stereocenters. The molecule has 0 radical (unpaired) electrons. The van der Waals surface area contributed by atoms with Crippen LogP contribution in [0.25, 0.3) is 10.9 Å². The third-order valence-electron chi connectivity index (χ3n) is 6.67. The third kappa shape index (κ3) is 6.48. The van der Waals surface area contributed by atoms with Gasteiger partial charge in [-0.05, 0) is 67.8 Å². The Morgan fingerprint density at radius 3 is 2.50 bits per heavy atom. The van der Waals surface area contributed by atoms with Crippen molar-refractivity contribution in [1.29, 1.82) is 0 Å². The number of H-pyrrole nitrogens is 1. The van der Waals surface area contributed by atoms with Crippen molar-refractivity contribution in [2.75, 3.05) is 19.7 Å². The number of aromatic hydroxyl groups is 1. The topological polar surface area (TPSA) is 152 Å². The molecule has 0 amide bonds. The van der Waals surface area contributed by atoms with Gasteiger partial charge in [-0.15, -0.1) is 0 Å². The van der Waals surface area contributed by atoms with Gasteiger partial charge < -0.3 is 35.5 Å². The van der Waals surface area contributed by atoms with Crippen LogP contribution in [0.5, 0.6) is 11.5 Å². The number of hydrogen-bond donors (Lipinski definition) is 6. The summed E-state index contributed by atoms with van der Waals surface area (Å²) in [7, 11) is 0. The van der Waals surface area contributed by atoms with Gasteiger partial charge in [-0.25, -0.2) is 9.18 Å². The van der Waals surface area contributed by atoms with Gasteiger partial charge in [0.25, 0.3) is 0 Å². The number of carbonyl (C=O) groups is 1. The third-order valence-corrected chi connectivity index (χ3v) is 6.67. The van der Waals surface area contributed by atoms with Crippen molar-refractivity contribution in [3.8, 4) is 11.5 Å². The highest BCUT2D eigenvalue weighted by atomic mass is 19.1. The molecule has 3 aromatic carbocycles. The summed E-state index contributed by atoms with van der Waals surface area (Å²) >= 11 is 0. The minimum Gasteiger partial charge on any atom is -0.506 e. The Labute approximate surface area is 229 Å². The lowest BCUT2D eigenvalue weighted by Gasteiger charge is -2.25. The first-order valence-corrected chi connectivity index (χ1v) is 12.9. The highest BCUT2D eigenvalue weighted by Gasteiger charge is 2.40. The van der Waals surface area contributed by atoms with E-state index in [1.807, 2.05) is 0 Å². The number of aromatic nitrogens is 1. The van der Waals surface area contributed by atoms with Gasteiger partial charge in [-0.1, -0.05) is 30.3 Å². The van der Waals surface area contributed by atoms with E-state index in [4.69, 9.17) is 4.74 Å². The van der Waals surface area contributed by atoms with Crippen LogP contribution in [-0.4, -0.2) is 51.1 Å². The molecule has 0 aliphatic carbocycles. The maximum Gasteiger partial charge on any atom is 0.345 e. The number of aliphatic hydroxyl groups is 2. The normalized spacial score (nSPS) is 13.6. The predicted molar refractivity (Wildman–Crippen MR) is 147 cm³/mol. The van der Waals surface area contributed by atoms with Gasteiger partial charge in [0.05, 0.1) is 18.2 Å². The number of phenols is 1. The molecule has 0 saturated heterocycles. The zero-order valence-electron chi connectivity index (χ0n) is 21.6. The summed E-state index contributed by atoms with van der Waals surface area (Å²) in [5.74, 6) is -1.85. The average molecular weight is 551 g/mol. The Morgan fingerprint density at radius 1 is 1.00 bits per heavy atom. The first-order valence-electron chi connectivity index (χ1n) is 12.9. The second-order valence-electron chi connectivity index (χ2n) is 9.47. The molecule has 2 atom stereocenters. The maximum atomic E-state index is 13.7. The summed E-state index contributed by atoms with van der Waals surface area (Å²) in [5.41, 5.74) is -1.92. The quantitative estimate of drug-likeness (QED) is 0.138. The molecule has 0 bridgehead atoms. The number of aromatic amines is 1. The Bertz CT molecular complexity index is 1540. The number of unbranched alkanes of at least 4 members (excludes halogenated alkanes) is 2. The van der Waals surface area contributed by atoms with Gasteiger partial charge in [-0.2, -0.15) is 0 Å². The first kappa shape index (κ1) is 28.8. The molecule has 40 heavy (non-hydrogen) atoms. The SMILES string of the molecule is O=C(O)C(O)(c1cccc(F)c1)c1cccc(OCCCCCNC[C@H](O)c2ccc(O)c3[nH]c(=O)ccc23)c1. The Kier molecular flexibility index (Phi) is 9.15. The number of hydrogen-bond acceptors (Lipinski definition) is 7. The van der Waals surface area contributed by atoms with Gasteiger partial charge in [0.15, 0.2) is 0 Å². The number of carboxylic acid groups (broad SMARTS) is 1. The highest BCUT2D eigenvalue weighted by molar-refractivity contribution is 5.87. The lowest BCUT2D eigenvalue weighted by molar-refractivity contribution is -0.155. The summed E-state index contributed by atoms with van der Waals surface area (Å²) in [6, 6.07) is 17.0. The van der Waals surface area contributed by atoms with E-state index in [0.717, 1.165) is 25.3 Å². The van der Waals surface area contributed by atoms with Crippen LogP contribution in [0.15, 0.2) is 77.6 Å². The zero-order valence-corrected chi connectivity index (χ0v) is 21.6. The maximum absolute atomic E-state index is 13.7. The second kappa shape index (κ2) is 12.7.